The number of hydrogen-bond donors (Lipinski definition) is 2. The molecule has 0 amide bonds. The molecule has 0 saturated heterocycles. The van der Waals surface area contributed by atoms with E-state index in [0.29, 0.717) is 22.5 Å². The largest absolute Gasteiger partial charge is 0.279 e. The molecular weight excluding hydrogens is 374 g/mol. The first-order chi connectivity index (χ1) is 13.1. The molecule has 0 fully saturated rings. The van der Waals surface area contributed by atoms with Crippen molar-refractivity contribution in [3.63, 3.8) is 0 Å². The fourth-order valence-corrected chi connectivity index (χ4v) is 4.84. The predicted octanol–water partition coefficient (Wildman–Crippen LogP) is 3.78. The van der Waals surface area contributed by atoms with E-state index in [1.807, 2.05) is 45.9 Å². The van der Waals surface area contributed by atoms with E-state index in [9.17, 15) is 13.2 Å². The van der Waals surface area contributed by atoms with Crippen molar-refractivity contribution in [2.24, 2.45) is 0 Å². The number of nitrogens with one attached hydrogen (secondary N) is 2. The molecule has 28 heavy (non-hydrogen) atoms. The molecule has 2 N–H and O–H groups in total. The minimum absolute atomic E-state index is 0.190. The van der Waals surface area contributed by atoms with E-state index >= 15 is 0 Å². The van der Waals surface area contributed by atoms with Gasteiger partial charge in [0.25, 0.3) is 15.6 Å². The summed E-state index contributed by atoms with van der Waals surface area (Å²) >= 11 is 0. The molecule has 3 aromatic rings. The van der Waals surface area contributed by atoms with Gasteiger partial charge in [-0.1, -0.05) is 17.7 Å². The first kappa shape index (κ1) is 19.8. The molecular formula is C21H23N3O3S. The van der Waals surface area contributed by atoms with Gasteiger partial charge in [-0.3, -0.25) is 9.52 Å². The smallest absolute Gasteiger partial charge is 0.264 e. The molecule has 0 aliphatic heterocycles. The van der Waals surface area contributed by atoms with Crippen LogP contribution in [0.3, 0.4) is 0 Å². The average molecular weight is 398 g/mol. The normalized spacial score (nSPS) is 11.5. The summed E-state index contributed by atoms with van der Waals surface area (Å²) in [5.41, 5.74) is 5.71. The van der Waals surface area contributed by atoms with Gasteiger partial charge in [0.15, 0.2) is 0 Å². The highest BCUT2D eigenvalue weighted by molar-refractivity contribution is 7.92. The first-order valence-electron chi connectivity index (χ1n) is 8.86. The third-order valence-electron chi connectivity index (χ3n) is 4.80. The summed E-state index contributed by atoms with van der Waals surface area (Å²) in [7, 11) is -3.81. The maximum Gasteiger partial charge on any atom is 0.264 e. The van der Waals surface area contributed by atoms with Gasteiger partial charge in [-0.05, 0) is 75.1 Å². The predicted molar refractivity (Wildman–Crippen MR) is 111 cm³/mol. The van der Waals surface area contributed by atoms with Gasteiger partial charge in [-0.15, -0.1) is 0 Å². The monoisotopic (exact) mass is 397 g/mol. The Bertz CT molecular complexity index is 1180. The van der Waals surface area contributed by atoms with Crippen molar-refractivity contribution < 1.29 is 8.42 Å². The van der Waals surface area contributed by atoms with Crippen LogP contribution in [0.2, 0.25) is 0 Å². The van der Waals surface area contributed by atoms with Gasteiger partial charge >= 0.3 is 0 Å². The lowest BCUT2D eigenvalue weighted by Gasteiger charge is -2.17. The zero-order valence-corrected chi connectivity index (χ0v) is 17.4. The topological polar surface area (TPSA) is 91.9 Å². The molecule has 0 atom stereocenters. The van der Waals surface area contributed by atoms with Crippen LogP contribution in [-0.4, -0.2) is 18.6 Å². The van der Waals surface area contributed by atoms with Crippen LogP contribution in [0.5, 0.6) is 0 Å². The highest BCUT2D eigenvalue weighted by Crippen LogP contribution is 2.30. The van der Waals surface area contributed by atoms with Gasteiger partial charge in [0.1, 0.15) is 0 Å². The summed E-state index contributed by atoms with van der Waals surface area (Å²) < 4.78 is 29.2. The lowest BCUT2D eigenvalue weighted by atomic mass is 10.0. The Morgan fingerprint density at radius 1 is 0.893 bits per heavy atom. The van der Waals surface area contributed by atoms with Crippen LogP contribution in [-0.2, 0) is 10.0 Å². The Hall–Kier alpha value is -2.93. The molecule has 146 valence electrons. The van der Waals surface area contributed by atoms with Crippen LogP contribution in [0, 0.1) is 34.6 Å². The summed E-state index contributed by atoms with van der Waals surface area (Å²) in [6.07, 6.45) is 0. The average Bonchev–Trinajstić information content (AvgIpc) is 2.61. The zero-order chi connectivity index (χ0) is 20.6. The summed E-state index contributed by atoms with van der Waals surface area (Å²) in [4.78, 5) is 11.5. The summed E-state index contributed by atoms with van der Waals surface area (Å²) in [6.45, 7) is 9.38. The summed E-state index contributed by atoms with van der Waals surface area (Å²) in [5, 5.41) is 6.39. The molecule has 0 bridgehead atoms. The van der Waals surface area contributed by atoms with Gasteiger partial charge in [0.2, 0.25) is 0 Å². The van der Waals surface area contributed by atoms with E-state index in [1.54, 1.807) is 19.1 Å². The van der Waals surface area contributed by atoms with Gasteiger partial charge in [-0.2, -0.15) is 5.10 Å². The maximum absolute atomic E-state index is 13.2. The number of aromatic nitrogens is 2. The van der Waals surface area contributed by atoms with Crippen molar-refractivity contribution in [2.75, 3.05) is 4.72 Å². The van der Waals surface area contributed by atoms with Crippen LogP contribution in [0.25, 0.3) is 11.3 Å². The quantitative estimate of drug-likeness (QED) is 0.701. The minimum atomic E-state index is -3.81. The van der Waals surface area contributed by atoms with Crippen molar-refractivity contribution in [1.29, 1.82) is 0 Å². The van der Waals surface area contributed by atoms with Crippen molar-refractivity contribution in [1.82, 2.24) is 10.2 Å². The Morgan fingerprint density at radius 3 is 2.11 bits per heavy atom. The molecule has 3 rings (SSSR count). The lowest BCUT2D eigenvalue weighted by molar-refractivity contribution is 0.600. The molecule has 1 aromatic heterocycles. The second-order valence-corrected chi connectivity index (χ2v) is 8.75. The van der Waals surface area contributed by atoms with E-state index in [2.05, 4.69) is 14.9 Å². The van der Waals surface area contributed by atoms with E-state index < -0.39 is 10.0 Å². The summed E-state index contributed by atoms with van der Waals surface area (Å²) in [5.74, 6) is 0. The molecule has 2 aromatic carbocycles. The molecule has 7 heteroatoms. The maximum atomic E-state index is 13.2. The van der Waals surface area contributed by atoms with Gasteiger partial charge in [0.05, 0.1) is 16.3 Å². The fourth-order valence-electron chi connectivity index (χ4n) is 3.29. The number of benzene rings is 2. The number of hydrogen-bond acceptors (Lipinski definition) is 4. The Kier molecular flexibility index (Phi) is 5.12. The second kappa shape index (κ2) is 7.24. The van der Waals surface area contributed by atoms with Crippen LogP contribution in [0.1, 0.15) is 27.8 Å². The summed E-state index contributed by atoms with van der Waals surface area (Å²) in [6, 6.07) is 10.3. The SMILES string of the molecule is Cc1cc(C)c(NS(=O)(=O)c2cc(-c3ccc(=O)[nH]n3)cc(C)c2C)c(C)c1. The number of sulfonamides is 1. The number of aryl methyl sites for hydroxylation is 4. The highest BCUT2D eigenvalue weighted by Gasteiger charge is 2.21. The van der Waals surface area contributed by atoms with Crippen molar-refractivity contribution in [2.45, 2.75) is 39.5 Å². The number of H-pyrrole nitrogens is 1. The van der Waals surface area contributed by atoms with E-state index in [-0.39, 0.29) is 10.5 Å². The van der Waals surface area contributed by atoms with Gasteiger partial charge in [0, 0.05) is 11.6 Å². The van der Waals surface area contributed by atoms with Crippen molar-refractivity contribution >= 4 is 15.7 Å². The van der Waals surface area contributed by atoms with Gasteiger partial charge in [-0.25, -0.2) is 13.5 Å². The Balaban J connectivity index is 2.12. The number of rotatable bonds is 4. The minimum Gasteiger partial charge on any atom is -0.279 e. The van der Waals surface area contributed by atoms with Crippen LogP contribution in [0.15, 0.2) is 46.1 Å². The third-order valence-corrected chi connectivity index (χ3v) is 6.27. The zero-order valence-electron chi connectivity index (χ0n) is 16.5. The lowest BCUT2D eigenvalue weighted by Crippen LogP contribution is -2.17. The fraction of sp³-hybridized carbons (Fsp3) is 0.238. The molecule has 0 aliphatic rings. The van der Waals surface area contributed by atoms with E-state index in [4.69, 9.17) is 0 Å². The molecule has 0 aliphatic carbocycles. The number of aromatic amines is 1. The van der Waals surface area contributed by atoms with E-state index in [0.717, 1.165) is 22.3 Å². The Labute approximate surface area is 164 Å². The molecule has 0 unspecified atom stereocenters. The molecule has 0 saturated carbocycles. The molecule has 0 radical (unpaired) electrons. The van der Waals surface area contributed by atoms with Crippen LogP contribution >= 0.6 is 0 Å². The second-order valence-electron chi connectivity index (χ2n) is 7.10. The van der Waals surface area contributed by atoms with Crippen LogP contribution in [0.4, 0.5) is 5.69 Å². The van der Waals surface area contributed by atoms with Crippen molar-refractivity contribution in [3.8, 4) is 11.3 Å². The highest BCUT2D eigenvalue weighted by atomic mass is 32.2. The number of anilines is 1. The molecule has 6 nitrogen and oxygen atoms in total. The van der Waals surface area contributed by atoms with E-state index in [1.165, 1.54) is 6.07 Å². The third kappa shape index (κ3) is 3.84. The molecule has 0 spiro atoms. The first-order valence-corrected chi connectivity index (χ1v) is 10.3. The van der Waals surface area contributed by atoms with Crippen LogP contribution < -0.4 is 10.3 Å². The number of nitrogens with zero attached hydrogens (tertiary/aromatic N) is 1. The van der Waals surface area contributed by atoms with Gasteiger partial charge < -0.3 is 0 Å². The van der Waals surface area contributed by atoms with Crippen molar-refractivity contribution in [3.05, 3.63) is 74.6 Å². The Morgan fingerprint density at radius 2 is 1.54 bits per heavy atom. The molecule has 1 heterocycles. The standard InChI is InChI=1S/C21H23N3O3S/c1-12-8-14(3)21(15(4)9-12)24-28(26,27)19-11-17(10-13(2)16(19)5)18-6-7-20(25)23-22-18/h6-11,24H,1-5H3,(H,23,25).